The van der Waals surface area contributed by atoms with E-state index in [4.69, 9.17) is 5.73 Å². The van der Waals surface area contributed by atoms with Gasteiger partial charge in [-0.25, -0.2) is 4.79 Å². The van der Waals surface area contributed by atoms with Crippen LogP contribution in [-0.2, 0) is 15.1 Å². The lowest BCUT2D eigenvalue weighted by Gasteiger charge is -2.22. The van der Waals surface area contributed by atoms with Gasteiger partial charge in [0.15, 0.2) is 0 Å². The van der Waals surface area contributed by atoms with E-state index in [9.17, 15) is 13.6 Å². The molecular weight excluding hydrogens is 232 g/mol. The molecule has 0 saturated carbocycles. The number of benzene rings is 1. The highest BCUT2D eigenvalue weighted by atomic mass is 19.3. The number of ether oxygens (including phenoxy) is 2. The van der Waals surface area contributed by atoms with Gasteiger partial charge < -0.3 is 15.2 Å². The van der Waals surface area contributed by atoms with Gasteiger partial charge in [-0.1, -0.05) is 12.1 Å². The molecular formula is C11H13F2NO3. The minimum Gasteiger partial charge on any atom is -0.467 e. The molecule has 0 aliphatic heterocycles. The van der Waals surface area contributed by atoms with Gasteiger partial charge in [0.1, 0.15) is 11.3 Å². The van der Waals surface area contributed by atoms with E-state index in [1.54, 1.807) is 0 Å². The van der Waals surface area contributed by atoms with Gasteiger partial charge in [-0.15, -0.1) is 0 Å². The molecule has 4 nitrogen and oxygen atoms in total. The normalized spacial score (nSPS) is 14.2. The molecule has 0 fully saturated rings. The molecule has 0 aliphatic carbocycles. The van der Waals surface area contributed by atoms with E-state index in [2.05, 4.69) is 9.47 Å². The highest BCUT2D eigenvalue weighted by molar-refractivity contribution is 5.81. The van der Waals surface area contributed by atoms with Gasteiger partial charge >= 0.3 is 12.6 Å². The summed E-state index contributed by atoms with van der Waals surface area (Å²) in [4.78, 5) is 11.4. The lowest BCUT2D eigenvalue weighted by Crippen LogP contribution is -2.42. The van der Waals surface area contributed by atoms with E-state index in [0.717, 1.165) is 0 Å². The maximum Gasteiger partial charge on any atom is 0.387 e. The topological polar surface area (TPSA) is 61.5 Å². The summed E-state index contributed by atoms with van der Waals surface area (Å²) in [6.07, 6.45) is 0. The number of carbonyl (C=O) groups is 1. The zero-order valence-corrected chi connectivity index (χ0v) is 9.44. The van der Waals surface area contributed by atoms with Gasteiger partial charge in [-0.05, 0) is 24.6 Å². The van der Waals surface area contributed by atoms with Crippen LogP contribution in [0.1, 0.15) is 12.5 Å². The molecule has 1 aromatic rings. The Morgan fingerprint density at radius 2 is 2.12 bits per heavy atom. The average Bonchev–Trinajstić information content (AvgIpc) is 2.27. The molecule has 1 atom stereocenters. The number of halogens is 2. The van der Waals surface area contributed by atoms with Crippen molar-refractivity contribution in [3.8, 4) is 5.75 Å². The van der Waals surface area contributed by atoms with Crippen LogP contribution in [-0.4, -0.2) is 19.7 Å². The van der Waals surface area contributed by atoms with Crippen LogP contribution in [0.15, 0.2) is 24.3 Å². The molecule has 0 amide bonds. The van der Waals surface area contributed by atoms with Crippen LogP contribution in [0.25, 0.3) is 0 Å². The second kappa shape index (κ2) is 5.09. The van der Waals surface area contributed by atoms with Crippen LogP contribution in [0, 0.1) is 0 Å². The minimum absolute atomic E-state index is 0.0573. The zero-order valence-electron chi connectivity index (χ0n) is 9.44. The summed E-state index contributed by atoms with van der Waals surface area (Å²) < 4.78 is 32.8. The van der Waals surface area contributed by atoms with Crippen LogP contribution in [0.5, 0.6) is 5.75 Å². The molecule has 1 rings (SSSR count). The Labute approximate surface area is 97.3 Å². The van der Waals surface area contributed by atoms with Crippen molar-refractivity contribution >= 4 is 5.97 Å². The Bertz CT molecular complexity index is 407. The van der Waals surface area contributed by atoms with E-state index in [0.29, 0.717) is 5.56 Å². The molecule has 17 heavy (non-hydrogen) atoms. The van der Waals surface area contributed by atoms with Gasteiger partial charge in [0.2, 0.25) is 0 Å². The second-order valence-electron chi connectivity index (χ2n) is 3.60. The largest absolute Gasteiger partial charge is 0.467 e. The first-order chi connectivity index (χ1) is 7.87. The monoisotopic (exact) mass is 245 g/mol. The fourth-order valence-corrected chi connectivity index (χ4v) is 1.33. The van der Waals surface area contributed by atoms with Gasteiger partial charge in [0.25, 0.3) is 0 Å². The lowest BCUT2D eigenvalue weighted by molar-refractivity contribution is -0.146. The third-order valence-electron chi connectivity index (χ3n) is 2.27. The molecule has 0 spiro atoms. The fourth-order valence-electron chi connectivity index (χ4n) is 1.33. The summed E-state index contributed by atoms with van der Waals surface area (Å²) in [5, 5.41) is 0. The van der Waals surface area contributed by atoms with E-state index in [1.807, 2.05) is 0 Å². The van der Waals surface area contributed by atoms with Crippen LogP contribution in [0.4, 0.5) is 8.78 Å². The highest BCUT2D eigenvalue weighted by Gasteiger charge is 2.32. The van der Waals surface area contributed by atoms with Crippen molar-refractivity contribution in [2.24, 2.45) is 5.73 Å². The first-order valence-electron chi connectivity index (χ1n) is 4.80. The van der Waals surface area contributed by atoms with Crippen LogP contribution < -0.4 is 10.5 Å². The second-order valence-corrected chi connectivity index (χ2v) is 3.60. The Morgan fingerprint density at radius 3 is 2.65 bits per heavy atom. The summed E-state index contributed by atoms with van der Waals surface area (Å²) in [6.45, 7) is -1.49. The Hall–Kier alpha value is -1.69. The lowest BCUT2D eigenvalue weighted by atomic mass is 9.93. The van der Waals surface area contributed by atoms with Gasteiger partial charge in [-0.2, -0.15) is 8.78 Å². The van der Waals surface area contributed by atoms with Crippen molar-refractivity contribution in [3.05, 3.63) is 29.8 Å². The van der Waals surface area contributed by atoms with E-state index in [-0.39, 0.29) is 5.75 Å². The van der Waals surface area contributed by atoms with Crippen molar-refractivity contribution in [1.29, 1.82) is 0 Å². The van der Waals surface area contributed by atoms with Gasteiger partial charge in [0, 0.05) is 0 Å². The summed E-state index contributed by atoms with van der Waals surface area (Å²) in [5.74, 6) is -0.718. The van der Waals surface area contributed by atoms with E-state index < -0.39 is 18.1 Å². The number of nitrogens with two attached hydrogens (primary N) is 1. The van der Waals surface area contributed by atoms with Crippen molar-refractivity contribution in [2.45, 2.75) is 19.1 Å². The molecule has 94 valence electrons. The molecule has 6 heteroatoms. The average molecular weight is 245 g/mol. The van der Waals surface area contributed by atoms with Gasteiger partial charge in [0.05, 0.1) is 7.11 Å². The van der Waals surface area contributed by atoms with Crippen molar-refractivity contribution < 1.29 is 23.0 Å². The third-order valence-corrected chi connectivity index (χ3v) is 2.27. The standard InChI is InChI=1S/C11H13F2NO3/c1-11(14,9(15)16-2)7-4-3-5-8(6-7)17-10(12)13/h3-6,10H,14H2,1-2H3. The SMILES string of the molecule is COC(=O)C(C)(N)c1cccc(OC(F)F)c1. The predicted octanol–water partition coefficient (Wildman–Crippen LogP) is 1.63. The number of carbonyl (C=O) groups excluding carboxylic acids is 1. The van der Waals surface area contributed by atoms with E-state index in [1.165, 1.54) is 38.3 Å². The summed E-state index contributed by atoms with van der Waals surface area (Å²) in [6, 6.07) is 5.64. The number of alkyl halides is 2. The molecule has 0 radical (unpaired) electrons. The van der Waals surface area contributed by atoms with Crippen molar-refractivity contribution in [3.63, 3.8) is 0 Å². The Morgan fingerprint density at radius 1 is 1.47 bits per heavy atom. The molecule has 0 aromatic heterocycles. The number of rotatable bonds is 4. The van der Waals surface area contributed by atoms with Crippen molar-refractivity contribution in [2.75, 3.05) is 7.11 Å². The predicted molar refractivity (Wildman–Crippen MR) is 56.6 cm³/mol. The fraction of sp³-hybridized carbons (Fsp3) is 0.364. The summed E-state index contributed by atoms with van der Waals surface area (Å²) in [5.41, 5.74) is 4.70. The molecule has 0 bridgehead atoms. The van der Waals surface area contributed by atoms with E-state index >= 15 is 0 Å². The minimum atomic E-state index is -2.92. The molecule has 0 heterocycles. The Kier molecular flexibility index (Phi) is 4.01. The van der Waals surface area contributed by atoms with Crippen LogP contribution in [0.3, 0.4) is 0 Å². The summed E-state index contributed by atoms with van der Waals surface area (Å²) in [7, 11) is 1.20. The number of methoxy groups -OCH3 is 1. The number of hydrogen-bond donors (Lipinski definition) is 1. The van der Waals surface area contributed by atoms with Crippen LogP contribution in [0.2, 0.25) is 0 Å². The first kappa shape index (κ1) is 13.4. The van der Waals surface area contributed by atoms with Crippen molar-refractivity contribution in [1.82, 2.24) is 0 Å². The summed E-state index contributed by atoms with van der Waals surface area (Å²) >= 11 is 0. The number of hydrogen-bond acceptors (Lipinski definition) is 4. The van der Waals surface area contributed by atoms with Crippen LogP contribution >= 0.6 is 0 Å². The molecule has 1 unspecified atom stereocenters. The third kappa shape index (κ3) is 3.13. The molecule has 2 N–H and O–H groups in total. The molecule has 0 saturated heterocycles. The first-order valence-corrected chi connectivity index (χ1v) is 4.80. The Balaban J connectivity index is 3.02. The van der Waals surface area contributed by atoms with Gasteiger partial charge in [-0.3, -0.25) is 0 Å². The number of esters is 1. The quantitative estimate of drug-likeness (QED) is 0.819. The zero-order chi connectivity index (χ0) is 13.1. The highest BCUT2D eigenvalue weighted by Crippen LogP contribution is 2.24. The molecule has 0 aliphatic rings. The maximum absolute atomic E-state index is 12.0. The molecule has 1 aromatic carbocycles. The smallest absolute Gasteiger partial charge is 0.387 e. The maximum atomic E-state index is 12.0.